The van der Waals surface area contributed by atoms with E-state index in [0.29, 0.717) is 6.42 Å². The molecule has 0 amide bonds. The van der Waals surface area contributed by atoms with Crippen LogP contribution in [0.1, 0.15) is 24.8 Å². The molecule has 72 valence electrons. The number of rotatable bonds is 3. The van der Waals surface area contributed by atoms with Crippen molar-refractivity contribution in [3.05, 3.63) is 35.4 Å². The molecule has 0 spiro atoms. The first kappa shape index (κ1) is 10.1. The van der Waals surface area contributed by atoms with Gasteiger partial charge in [0.15, 0.2) is 0 Å². The molecule has 0 saturated heterocycles. The first-order valence-corrected chi connectivity index (χ1v) is 4.24. The minimum atomic E-state index is -0.469. The van der Waals surface area contributed by atoms with E-state index in [1.165, 1.54) is 0 Å². The van der Waals surface area contributed by atoms with E-state index in [1.54, 1.807) is 0 Å². The van der Waals surface area contributed by atoms with Gasteiger partial charge in [0.1, 0.15) is 11.6 Å². The summed E-state index contributed by atoms with van der Waals surface area (Å²) in [6, 6.07) is 3.30. The highest BCUT2D eigenvalue weighted by molar-refractivity contribution is 5.22. The van der Waals surface area contributed by atoms with Gasteiger partial charge in [-0.05, 0) is 30.2 Å². The van der Waals surface area contributed by atoms with Crippen molar-refractivity contribution in [3.8, 4) is 0 Å². The molecule has 0 aliphatic rings. The third kappa shape index (κ3) is 2.25. The largest absolute Gasteiger partial charge is 0.396 e. The van der Waals surface area contributed by atoms with Gasteiger partial charge >= 0.3 is 0 Å². The summed E-state index contributed by atoms with van der Waals surface area (Å²) >= 11 is 0. The van der Waals surface area contributed by atoms with Crippen LogP contribution in [0.25, 0.3) is 0 Å². The fourth-order valence-corrected chi connectivity index (χ4v) is 1.27. The van der Waals surface area contributed by atoms with Gasteiger partial charge in [0.2, 0.25) is 0 Å². The first-order valence-electron chi connectivity index (χ1n) is 4.24. The minimum absolute atomic E-state index is 0.156. The Bertz CT molecular complexity index is 282. The molecular formula is C10H12F2O. The van der Waals surface area contributed by atoms with Crippen molar-refractivity contribution in [2.75, 3.05) is 6.61 Å². The third-order valence-corrected chi connectivity index (χ3v) is 2.11. The maximum Gasteiger partial charge on any atom is 0.126 e. The Balaban J connectivity index is 3.03. The second-order valence-corrected chi connectivity index (χ2v) is 2.95. The smallest absolute Gasteiger partial charge is 0.126 e. The van der Waals surface area contributed by atoms with Gasteiger partial charge in [0.25, 0.3) is 0 Å². The highest BCUT2D eigenvalue weighted by Crippen LogP contribution is 2.22. The molecule has 0 radical (unpaired) electrons. The van der Waals surface area contributed by atoms with E-state index >= 15 is 0 Å². The Morgan fingerprint density at radius 3 is 2.62 bits per heavy atom. The number of halogens is 2. The average Bonchev–Trinajstić information content (AvgIpc) is 2.13. The summed E-state index contributed by atoms with van der Waals surface area (Å²) in [5, 5.41) is 8.91. The van der Waals surface area contributed by atoms with Crippen LogP contribution in [-0.2, 0) is 0 Å². The molecule has 13 heavy (non-hydrogen) atoms. The van der Waals surface area contributed by atoms with Gasteiger partial charge in [0.05, 0.1) is 6.61 Å². The lowest BCUT2D eigenvalue weighted by molar-refractivity contribution is 0.259. The lowest BCUT2D eigenvalue weighted by atomic mass is 9.97. The molecule has 0 heterocycles. The summed E-state index contributed by atoms with van der Waals surface area (Å²) in [5.74, 6) is -1.23. The lowest BCUT2D eigenvalue weighted by Gasteiger charge is -2.12. The van der Waals surface area contributed by atoms with Crippen LogP contribution >= 0.6 is 0 Å². The Hall–Kier alpha value is -0.960. The van der Waals surface area contributed by atoms with Crippen LogP contribution in [0.4, 0.5) is 8.78 Å². The molecule has 1 aromatic carbocycles. The molecule has 1 aromatic rings. The Morgan fingerprint density at radius 1 is 1.38 bits per heavy atom. The summed E-state index contributed by atoms with van der Waals surface area (Å²) in [5.41, 5.74) is 0.255. The van der Waals surface area contributed by atoms with Crippen molar-refractivity contribution in [1.82, 2.24) is 0 Å². The van der Waals surface area contributed by atoms with Crippen LogP contribution in [0.3, 0.4) is 0 Å². The van der Waals surface area contributed by atoms with Crippen LogP contribution in [0.5, 0.6) is 0 Å². The van der Waals surface area contributed by atoms with Crippen LogP contribution in [-0.4, -0.2) is 11.7 Å². The summed E-state index contributed by atoms with van der Waals surface area (Å²) in [6.45, 7) is 1.67. The molecule has 0 aromatic heterocycles. The number of benzene rings is 1. The summed E-state index contributed by atoms with van der Waals surface area (Å²) in [4.78, 5) is 0. The van der Waals surface area contributed by atoms with E-state index in [9.17, 15) is 8.78 Å². The fourth-order valence-electron chi connectivity index (χ4n) is 1.27. The van der Waals surface area contributed by atoms with E-state index in [-0.39, 0.29) is 18.1 Å². The summed E-state index contributed by atoms with van der Waals surface area (Å²) < 4.78 is 25.8. The van der Waals surface area contributed by atoms with Crippen molar-refractivity contribution in [1.29, 1.82) is 0 Å². The molecule has 0 aliphatic carbocycles. The second-order valence-electron chi connectivity index (χ2n) is 2.95. The van der Waals surface area contributed by atoms with Crippen LogP contribution in [0.2, 0.25) is 0 Å². The molecular weight excluding hydrogens is 174 g/mol. The maximum atomic E-state index is 13.1. The Morgan fingerprint density at radius 2 is 2.08 bits per heavy atom. The first-order chi connectivity index (χ1) is 6.19. The molecule has 1 N–H and O–H groups in total. The quantitative estimate of drug-likeness (QED) is 0.768. The van der Waals surface area contributed by atoms with E-state index in [1.807, 2.05) is 6.92 Å². The standard InChI is InChI=1S/C10H12F2O/c1-2-7(6-13)9-5-8(11)3-4-10(9)12/h3-5,7,13H,2,6H2,1H3. The highest BCUT2D eigenvalue weighted by atomic mass is 19.1. The molecule has 0 fully saturated rings. The zero-order valence-corrected chi connectivity index (χ0v) is 7.43. The van der Waals surface area contributed by atoms with Crippen molar-refractivity contribution in [3.63, 3.8) is 0 Å². The number of aliphatic hydroxyl groups excluding tert-OH is 1. The molecule has 0 aliphatic heterocycles. The van der Waals surface area contributed by atoms with Gasteiger partial charge in [-0.25, -0.2) is 8.78 Å². The molecule has 0 bridgehead atoms. The zero-order chi connectivity index (χ0) is 9.84. The van der Waals surface area contributed by atoms with Crippen LogP contribution < -0.4 is 0 Å². The summed E-state index contributed by atoms with van der Waals surface area (Å²) in [6.07, 6.45) is 0.594. The predicted octanol–water partition coefficient (Wildman–Crippen LogP) is 2.45. The number of aliphatic hydroxyl groups is 1. The topological polar surface area (TPSA) is 20.2 Å². The minimum Gasteiger partial charge on any atom is -0.396 e. The zero-order valence-electron chi connectivity index (χ0n) is 7.43. The number of hydrogen-bond donors (Lipinski definition) is 1. The van der Waals surface area contributed by atoms with Gasteiger partial charge in [0, 0.05) is 5.92 Å². The Kier molecular flexibility index (Phi) is 3.37. The normalized spacial score (nSPS) is 12.9. The van der Waals surface area contributed by atoms with E-state index in [2.05, 4.69) is 0 Å². The van der Waals surface area contributed by atoms with E-state index in [0.717, 1.165) is 18.2 Å². The van der Waals surface area contributed by atoms with Gasteiger partial charge < -0.3 is 5.11 Å². The van der Waals surface area contributed by atoms with Crippen molar-refractivity contribution < 1.29 is 13.9 Å². The van der Waals surface area contributed by atoms with Crippen molar-refractivity contribution in [2.45, 2.75) is 19.3 Å². The number of hydrogen-bond acceptors (Lipinski definition) is 1. The van der Waals surface area contributed by atoms with E-state index in [4.69, 9.17) is 5.11 Å². The van der Waals surface area contributed by atoms with Crippen LogP contribution in [0, 0.1) is 11.6 Å². The third-order valence-electron chi connectivity index (χ3n) is 2.11. The van der Waals surface area contributed by atoms with Gasteiger partial charge in [-0.2, -0.15) is 0 Å². The molecule has 1 rings (SSSR count). The Labute approximate surface area is 76.0 Å². The SMILES string of the molecule is CCC(CO)c1cc(F)ccc1F. The second kappa shape index (κ2) is 4.33. The molecule has 1 atom stereocenters. The lowest BCUT2D eigenvalue weighted by Crippen LogP contribution is -2.05. The molecule has 1 nitrogen and oxygen atoms in total. The highest BCUT2D eigenvalue weighted by Gasteiger charge is 2.13. The molecule has 0 saturated carbocycles. The van der Waals surface area contributed by atoms with Crippen LogP contribution in [0.15, 0.2) is 18.2 Å². The van der Waals surface area contributed by atoms with Gasteiger partial charge in [-0.1, -0.05) is 6.92 Å². The van der Waals surface area contributed by atoms with Crippen molar-refractivity contribution >= 4 is 0 Å². The molecule has 1 unspecified atom stereocenters. The average molecular weight is 186 g/mol. The molecule has 3 heteroatoms. The maximum absolute atomic E-state index is 13.1. The summed E-state index contributed by atoms with van der Waals surface area (Å²) in [7, 11) is 0. The monoisotopic (exact) mass is 186 g/mol. The van der Waals surface area contributed by atoms with Crippen molar-refractivity contribution in [2.24, 2.45) is 0 Å². The van der Waals surface area contributed by atoms with Gasteiger partial charge in [-0.15, -0.1) is 0 Å². The van der Waals surface area contributed by atoms with E-state index < -0.39 is 11.6 Å². The fraction of sp³-hybridized carbons (Fsp3) is 0.400. The van der Waals surface area contributed by atoms with Gasteiger partial charge in [-0.3, -0.25) is 0 Å². The predicted molar refractivity (Wildman–Crippen MR) is 46.5 cm³/mol.